The van der Waals surface area contributed by atoms with Crippen LogP contribution in [0.5, 0.6) is 0 Å². The van der Waals surface area contributed by atoms with E-state index in [1.54, 1.807) is 97.1 Å². The zero-order valence-corrected chi connectivity index (χ0v) is 50.6. The number of carbonyl (C=O) groups is 8. The molecule has 8 N–H and O–H groups in total. The third kappa shape index (κ3) is 25.2. The molecule has 4 aromatic rings. The summed E-state index contributed by atoms with van der Waals surface area (Å²) in [7, 11) is 0. The Kier molecular flexibility index (Phi) is 28.5. The molecule has 0 heterocycles. The Bertz CT molecular complexity index is 2480. The summed E-state index contributed by atoms with van der Waals surface area (Å²) in [6.07, 6.45) is 1.38. The maximum absolute atomic E-state index is 13.0. The van der Waals surface area contributed by atoms with Gasteiger partial charge in [0.05, 0.1) is 26.4 Å². The highest BCUT2D eigenvalue weighted by Gasteiger charge is 2.30. The van der Waals surface area contributed by atoms with Gasteiger partial charge in [0.2, 0.25) is 0 Å². The lowest BCUT2D eigenvalue weighted by molar-refractivity contribution is 0.0156. The number of rotatable bonds is 37. The van der Waals surface area contributed by atoms with Gasteiger partial charge in [0.1, 0.15) is 35.6 Å². The summed E-state index contributed by atoms with van der Waals surface area (Å²) in [5.41, 5.74) is -2.99. The molecule has 22 heteroatoms. The van der Waals surface area contributed by atoms with Crippen LogP contribution in [0.15, 0.2) is 97.1 Å². The highest BCUT2D eigenvalue weighted by atomic mass is 16.6. The lowest BCUT2D eigenvalue weighted by atomic mass is 9.92. The van der Waals surface area contributed by atoms with Gasteiger partial charge >= 0.3 is 24.4 Å². The molecule has 0 saturated carbocycles. The van der Waals surface area contributed by atoms with Gasteiger partial charge in [-0.2, -0.15) is 0 Å². The Hall–Kier alpha value is -7.60. The molecule has 0 spiro atoms. The van der Waals surface area contributed by atoms with Crippen molar-refractivity contribution in [1.82, 2.24) is 21.3 Å². The van der Waals surface area contributed by atoms with Gasteiger partial charge in [0, 0.05) is 48.4 Å². The Labute approximate surface area is 503 Å². The first-order valence-electron chi connectivity index (χ1n) is 28.9. The first kappa shape index (κ1) is 70.9. The summed E-state index contributed by atoms with van der Waals surface area (Å²) in [5, 5.41) is 51.6. The number of aliphatic hydroxyl groups is 4. The zero-order valence-electron chi connectivity index (χ0n) is 50.6. The van der Waals surface area contributed by atoms with E-state index < -0.39 is 82.1 Å². The van der Waals surface area contributed by atoms with Crippen LogP contribution in [0.4, 0.5) is 19.2 Å². The van der Waals surface area contributed by atoms with E-state index in [1.807, 2.05) is 0 Å². The summed E-state index contributed by atoms with van der Waals surface area (Å²) < 4.78 is 32.8. The minimum atomic E-state index is -1.57. The van der Waals surface area contributed by atoms with Gasteiger partial charge in [-0.1, -0.05) is 123 Å². The SMILES string of the molecule is CC(C)(O)C(=O)c1ccc(C(OC(=O)NCCCCCCNC(=O)OCCOCCOCCOC(=O)NCCCCCCNC(=O)OC(c2ccc(C(=O)C(C)(C)O)cc2)c2ccc(C(=O)C(C)(C)O)cc2)c2ccc(C(=O)C(C)(C)O)cc2)cc1. The first-order valence-corrected chi connectivity index (χ1v) is 28.9. The molecule has 0 aromatic heterocycles. The van der Waals surface area contributed by atoms with E-state index in [0.29, 0.717) is 74.1 Å². The predicted octanol–water partition coefficient (Wildman–Crippen LogP) is 8.44. The van der Waals surface area contributed by atoms with Crippen LogP contribution in [0.1, 0.15) is 183 Å². The molecule has 86 heavy (non-hydrogen) atoms. The summed E-state index contributed by atoms with van der Waals surface area (Å²) in [6, 6.07) is 25.4. The van der Waals surface area contributed by atoms with Crippen molar-refractivity contribution in [2.45, 2.75) is 141 Å². The van der Waals surface area contributed by atoms with Gasteiger partial charge in [0.15, 0.2) is 35.3 Å². The van der Waals surface area contributed by atoms with Gasteiger partial charge in [-0.15, -0.1) is 0 Å². The maximum Gasteiger partial charge on any atom is 0.408 e. The molecule has 0 aliphatic rings. The normalized spacial score (nSPS) is 11.8. The molecule has 0 fully saturated rings. The topological polar surface area (TPSA) is 321 Å². The predicted molar refractivity (Wildman–Crippen MR) is 318 cm³/mol. The number of ketones is 4. The van der Waals surface area contributed by atoms with Crippen LogP contribution >= 0.6 is 0 Å². The van der Waals surface area contributed by atoms with Crippen LogP contribution in [0.2, 0.25) is 0 Å². The quantitative estimate of drug-likeness (QED) is 0.0119. The molecule has 0 aliphatic heterocycles. The number of Topliss-reactive ketones (excluding diaryl/α,β-unsaturated/α-hetero) is 4. The average molecular weight is 1200 g/mol. The van der Waals surface area contributed by atoms with Crippen LogP contribution in [-0.2, 0) is 28.4 Å². The van der Waals surface area contributed by atoms with E-state index >= 15 is 0 Å². The summed E-state index contributed by atoms with van der Waals surface area (Å²) >= 11 is 0. The third-order valence-corrected chi connectivity index (χ3v) is 13.2. The second kappa shape index (κ2) is 34.5. The average Bonchev–Trinajstić information content (AvgIpc) is 1.59. The number of carbonyl (C=O) groups excluding carboxylic acids is 8. The minimum Gasteiger partial charge on any atom is -0.447 e. The fourth-order valence-corrected chi connectivity index (χ4v) is 8.38. The van der Waals surface area contributed by atoms with Gasteiger partial charge in [-0.25, -0.2) is 19.2 Å². The molecule has 0 unspecified atom stereocenters. The molecular formula is C64H86N4O18. The lowest BCUT2D eigenvalue weighted by Gasteiger charge is -2.21. The van der Waals surface area contributed by atoms with Crippen molar-refractivity contribution >= 4 is 47.5 Å². The standard InChI is InChI=1S/C64H86N4O18/c1-61(2,77)53(69)47-25-17-43(18-26-47)51(44-19-27-48(28-20-44)54(70)62(3,4)78)85-59(75)67-35-15-11-9-13-33-65-57(73)83-41-39-81-37-38-82-40-42-84-58(74)66-34-14-10-12-16-36-68-60(76)86-52(45-21-29-49(30-22-45)55(71)63(5,6)79)46-23-31-50(32-24-46)56(72)64(7,8)80/h17-32,51-52,77-80H,9-16,33-42H2,1-8H3,(H,65,73)(H,66,74)(H,67,75)(H,68,76). The lowest BCUT2D eigenvalue weighted by Crippen LogP contribution is -2.31. The Morgan fingerprint density at radius 2 is 0.535 bits per heavy atom. The molecule has 22 nitrogen and oxygen atoms in total. The number of hydrogen-bond donors (Lipinski definition) is 8. The van der Waals surface area contributed by atoms with E-state index in [-0.39, 0.29) is 61.9 Å². The summed E-state index contributed by atoms with van der Waals surface area (Å²) in [6.45, 7) is 13.5. The van der Waals surface area contributed by atoms with Gasteiger partial charge in [0.25, 0.3) is 0 Å². The first-order chi connectivity index (χ1) is 40.6. The van der Waals surface area contributed by atoms with E-state index in [1.165, 1.54) is 55.4 Å². The number of ether oxygens (including phenoxy) is 6. The number of benzene rings is 4. The van der Waals surface area contributed by atoms with Crippen LogP contribution in [0, 0.1) is 0 Å². The van der Waals surface area contributed by atoms with Gasteiger partial charge in [-0.05, 0) is 103 Å². The number of alkyl carbamates (subject to hydrolysis) is 4. The van der Waals surface area contributed by atoms with E-state index in [0.717, 1.165) is 25.7 Å². The monoisotopic (exact) mass is 1200 g/mol. The van der Waals surface area contributed by atoms with Gasteiger partial charge in [-0.3, -0.25) is 19.2 Å². The highest BCUT2D eigenvalue weighted by molar-refractivity contribution is 6.03. The van der Waals surface area contributed by atoms with Crippen molar-refractivity contribution in [1.29, 1.82) is 0 Å². The van der Waals surface area contributed by atoms with Crippen molar-refractivity contribution in [2.75, 3.05) is 65.8 Å². The van der Waals surface area contributed by atoms with Crippen molar-refractivity contribution in [3.63, 3.8) is 0 Å². The third-order valence-electron chi connectivity index (χ3n) is 13.2. The number of amides is 4. The number of nitrogens with one attached hydrogen (secondary N) is 4. The Balaban J connectivity index is 0.985. The van der Waals surface area contributed by atoms with E-state index in [9.17, 15) is 58.8 Å². The zero-order chi connectivity index (χ0) is 63.5. The van der Waals surface area contributed by atoms with Gasteiger partial charge < -0.3 is 70.1 Å². The molecule has 0 radical (unpaired) electrons. The molecule has 0 saturated heterocycles. The fourth-order valence-electron chi connectivity index (χ4n) is 8.38. The molecular weight excluding hydrogens is 1110 g/mol. The molecule has 470 valence electrons. The van der Waals surface area contributed by atoms with E-state index in [4.69, 9.17) is 28.4 Å². The fraction of sp³-hybridized carbons (Fsp3) is 0.500. The molecule has 4 amide bonds. The van der Waals surface area contributed by atoms with E-state index in [2.05, 4.69) is 21.3 Å². The van der Waals surface area contributed by atoms with Crippen molar-refractivity contribution in [2.24, 2.45) is 0 Å². The van der Waals surface area contributed by atoms with Crippen molar-refractivity contribution in [3.05, 3.63) is 142 Å². The van der Waals surface area contributed by atoms with Crippen LogP contribution in [0.3, 0.4) is 0 Å². The van der Waals surface area contributed by atoms with Crippen LogP contribution < -0.4 is 21.3 Å². The van der Waals surface area contributed by atoms with Crippen molar-refractivity contribution < 1.29 is 87.2 Å². The molecule has 0 atom stereocenters. The largest absolute Gasteiger partial charge is 0.447 e. The van der Waals surface area contributed by atoms with Crippen LogP contribution in [0.25, 0.3) is 0 Å². The summed E-state index contributed by atoms with van der Waals surface area (Å²) in [4.78, 5) is 101. The Morgan fingerprint density at radius 1 is 0.326 bits per heavy atom. The molecule has 4 aromatic carbocycles. The van der Waals surface area contributed by atoms with Crippen LogP contribution in [-0.4, -0.2) is 156 Å². The highest BCUT2D eigenvalue weighted by Crippen LogP contribution is 2.30. The Morgan fingerprint density at radius 3 is 0.756 bits per heavy atom. The smallest absolute Gasteiger partial charge is 0.408 e. The van der Waals surface area contributed by atoms with Crippen molar-refractivity contribution in [3.8, 4) is 0 Å². The summed E-state index contributed by atoms with van der Waals surface area (Å²) in [5.74, 6) is -1.88. The molecule has 4 rings (SSSR count). The molecule has 0 bridgehead atoms. The minimum absolute atomic E-state index is 0.0357. The second-order valence-corrected chi connectivity index (χ2v) is 22.6. The second-order valence-electron chi connectivity index (χ2n) is 22.6. The maximum atomic E-state index is 13.0. The number of unbranched alkanes of at least 4 members (excludes halogenated alkanes) is 6. The number of hydrogen-bond acceptors (Lipinski definition) is 18. The molecule has 0 aliphatic carbocycles.